The zero-order chi connectivity index (χ0) is 16.7. The van der Waals surface area contributed by atoms with Crippen LogP contribution in [0, 0.1) is 25.7 Å². The lowest BCUT2D eigenvalue weighted by molar-refractivity contribution is -0.142. The molecule has 0 radical (unpaired) electrons. The van der Waals surface area contributed by atoms with Gasteiger partial charge in [0.25, 0.3) is 0 Å². The van der Waals surface area contributed by atoms with E-state index < -0.39 is 21.9 Å². The van der Waals surface area contributed by atoms with E-state index in [2.05, 4.69) is 0 Å². The molecule has 1 heterocycles. The molecule has 0 saturated carbocycles. The summed E-state index contributed by atoms with van der Waals surface area (Å²) in [6.07, 6.45) is 0. The third kappa shape index (κ3) is 2.83. The van der Waals surface area contributed by atoms with Crippen molar-refractivity contribution in [1.82, 2.24) is 4.31 Å². The number of sulfonamides is 1. The third-order valence-corrected chi connectivity index (χ3v) is 6.18. The number of carbonyl (C=O) groups is 1. The molecule has 2 atom stereocenters. The van der Waals surface area contributed by atoms with Crippen molar-refractivity contribution in [3.8, 4) is 5.75 Å². The number of hydrogen-bond acceptors (Lipinski definition) is 4. The second-order valence-corrected chi connectivity index (χ2v) is 7.74. The Labute approximate surface area is 130 Å². The number of methoxy groups -OCH3 is 1. The standard InChI is InChI=1S/C15H21NO5S/c1-9-6-14(10(2)5-13(9)21-4)22(19,20)16-7-11(3)12(8-16)15(17)18/h5-6,11-12H,7-8H2,1-4H3,(H,17,18)/t11-,12-/m1/s1. The first-order valence-electron chi connectivity index (χ1n) is 7.06. The number of aryl methyl sites for hydroxylation is 2. The highest BCUT2D eigenvalue weighted by Gasteiger charge is 2.41. The third-order valence-electron chi connectivity index (χ3n) is 4.21. The van der Waals surface area contributed by atoms with Crippen LogP contribution in [0.15, 0.2) is 17.0 Å². The van der Waals surface area contributed by atoms with Gasteiger partial charge in [-0.25, -0.2) is 8.42 Å². The summed E-state index contributed by atoms with van der Waals surface area (Å²) >= 11 is 0. The van der Waals surface area contributed by atoms with Crippen LogP contribution in [0.1, 0.15) is 18.1 Å². The molecule has 0 aliphatic carbocycles. The van der Waals surface area contributed by atoms with Gasteiger partial charge in [0.05, 0.1) is 17.9 Å². The summed E-state index contributed by atoms with van der Waals surface area (Å²) in [6.45, 7) is 5.50. The van der Waals surface area contributed by atoms with Gasteiger partial charge in [0.1, 0.15) is 5.75 Å². The van der Waals surface area contributed by atoms with E-state index in [0.29, 0.717) is 11.3 Å². The monoisotopic (exact) mass is 327 g/mol. The smallest absolute Gasteiger partial charge is 0.308 e. The van der Waals surface area contributed by atoms with Gasteiger partial charge in [-0.15, -0.1) is 0 Å². The fourth-order valence-corrected chi connectivity index (χ4v) is 4.70. The van der Waals surface area contributed by atoms with E-state index in [-0.39, 0.29) is 23.9 Å². The second kappa shape index (κ2) is 5.89. The molecule has 0 amide bonds. The number of carboxylic acids is 1. The molecule has 1 N–H and O–H groups in total. The molecular formula is C15H21NO5S. The number of ether oxygens (including phenoxy) is 1. The van der Waals surface area contributed by atoms with Crippen LogP contribution in [0.4, 0.5) is 0 Å². The fraction of sp³-hybridized carbons (Fsp3) is 0.533. The van der Waals surface area contributed by atoms with Crippen LogP contribution in [0.5, 0.6) is 5.75 Å². The maximum absolute atomic E-state index is 12.8. The van der Waals surface area contributed by atoms with E-state index in [4.69, 9.17) is 9.84 Å². The molecule has 0 spiro atoms. The first-order valence-corrected chi connectivity index (χ1v) is 8.50. The maximum atomic E-state index is 12.8. The Morgan fingerprint density at radius 3 is 2.41 bits per heavy atom. The molecule has 1 aliphatic heterocycles. The average Bonchev–Trinajstić information content (AvgIpc) is 2.83. The molecule has 1 aromatic rings. The molecule has 2 rings (SSSR count). The molecule has 0 aromatic heterocycles. The van der Waals surface area contributed by atoms with Crippen LogP contribution < -0.4 is 4.74 Å². The number of carboxylic acid groups (broad SMARTS) is 1. The fourth-order valence-electron chi connectivity index (χ4n) is 2.84. The van der Waals surface area contributed by atoms with Crippen LogP contribution in [0.3, 0.4) is 0 Å². The molecule has 0 unspecified atom stereocenters. The van der Waals surface area contributed by atoms with E-state index in [0.717, 1.165) is 5.56 Å². The Morgan fingerprint density at radius 2 is 1.91 bits per heavy atom. The van der Waals surface area contributed by atoms with Gasteiger partial charge in [0.2, 0.25) is 10.0 Å². The van der Waals surface area contributed by atoms with Crippen LogP contribution in [-0.2, 0) is 14.8 Å². The van der Waals surface area contributed by atoms with Crippen molar-refractivity contribution in [2.75, 3.05) is 20.2 Å². The van der Waals surface area contributed by atoms with E-state index in [1.165, 1.54) is 11.4 Å². The molecule has 7 heteroatoms. The molecule has 22 heavy (non-hydrogen) atoms. The Kier molecular flexibility index (Phi) is 4.49. The lowest BCUT2D eigenvalue weighted by atomic mass is 9.99. The first kappa shape index (κ1) is 16.8. The Bertz CT molecular complexity index is 698. The second-order valence-electron chi connectivity index (χ2n) is 5.83. The predicted molar refractivity (Wildman–Crippen MR) is 81.5 cm³/mol. The molecule has 1 fully saturated rings. The van der Waals surface area contributed by atoms with E-state index >= 15 is 0 Å². The largest absolute Gasteiger partial charge is 0.496 e. The highest BCUT2D eigenvalue weighted by atomic mass is 32.2. The number of benzene rings is 1. The number of rotatable bonds is 4. The Balaban J connectivity index is 2.40. The summed E-state index contributed by atoms with van der Waals surface area (Å²) in [5.41, 5.74) is 1.32. The van der Waals surface area contributed by atoms with Gasteiger partial charge in [-0.05, 0) is 43.0 Å². The lowest BCUT2D eigenvalue weighted by Gasteiger charge is -2.19. The summed E-state index contributed by atoms with van der Waals surface area (Å²) in [7, 11) is -2.16. The Hall–Kier alpha value is -1.60. The SMILES string of the molecule is COc1cc(C)c(S(=O)(=O)N2C[C@@H](C)[C@H](C(=O)O)C2)cc1C. The molecule has 0 bridgehead atoms. The summed E-state index contributed by atoms with van der Waals surface area (Å²) in [5, 5.41) is 9.17. The van der Waals surface area contributed by atoms with Crippen molar-refractivity contribution in [3.63, 3.8) is 0 Å². The lowest BCUT2D eigenvalue weighted by Crippen LogP contribution is -2.30. The van der Waals surface area contributed by atoms with Gasteiger partial charge in [0.15, 0.2) is 0 Å². The van der Waals surface area contributed by atoms with Gasteiger partial charge in [0, 0.05) is 13.1 Å². The number of aliphatic carboxylic acids is 1. The van der Waals surface area contributed by atoms with Crippen molar-refractivity contribution >= 4 is 16.0 Å². The van der Waals surface area contributed by atoms with Crippen LogP contribution >= 0.6 is 0 Å². The van der Waals surface area contributed by atoms with Crippen molar-refractivity contribution < 1.29 is 23.1 Å². The maximum Gasteiger partial charge on any atom is 0.308 e. The highest BCUT2D eigenvalue weighted by Crippen LogP contribution is 2.32. The molecule has 1 saturated heterocycles. The minimum atomic E-state index is -3.70. The molecule has 1 aliphatic rings. The van der Waals surface area contributed by atoms with Gasteiger partial charge in [-0.1, -0.05) is 6.92 Å². The van der Waals surface area contributed by atoms with Gasteiger partial charge in [-0.2, -0.15) is 4.31 Å². The quantitative estimate of drug-likeness (QED) is 0.909. The molecule has 122 valence electrons. The van der Waals surface area contributed by atoms with Gasteiger partial charge < -0.3 is 9.84 Å². The topological polar surface area (TPSA) is 83.9 Å². The highest BCUT2D eigenvalue weighted by molar-refractivity contribution is 7.89. The van der Waals surface area contributed by atoms with Crippen molar-refractivity contribution in [2.24, 2.45) is 11.8 Å². The first-order chi connectivity index (χ1) is 10.2. The van der Waals surface area contributed by atoms with Crippen LogP contribution in [0.2, 0.25) is 0 Å². The van der Waals surface area contributed by atoms with Crippen LogP contribution in [-0.4, -0.2) is 44.0 Å². The van der Waals surface area contributed by atoms with E-state index in [9.17, 15) is 13.2 Å². The van der Waals surface area contributed by atoms with Crippen molar-refractivity contribution in [3.05, 3.63) is 23.3 Å². The van der Waals surface area contributed by atoms with E-state index in [1.54, 1.807) is 32.9 Å². The van der Waals surface area contributed by atoms with Gasteiger partial charge in [-0.3, -0.25) is 4.79 Å². The summed E-state index contributed by atoms with van der Waals surface area (Å²) in [6, 6.07) is 3.28. The van der Waals surface area contributed by atoms with Gasteiger partial charge >= 0.3 is 5.97 Å². The minimum absolute atomic E-state index is 0.0172. The normalized spacial score (nSPS) is 22.7. The molecule has 6 nitrogen and oxygen atoms in total. The summed E-state index contributed by atoms with van der Waals surface area (Å²) < 4.78 is 32.1. The molecule has 1 aromatic carbocycles. The van der Waals surface area contributed by atoms with E-state index in [1.807, 2.05) is 0 Å². The van der Waals surface area contributed by atoms with Crippen molar-refractivity contribution in [1.29, 1.82) is 0 Å². The Morgan fingerprint density at radius 1 is 1.27 bits per heavy atom. The zero-order valence-corrected chi connectivity index (χ0v) is 14.0. The van der Waals surface area contributed by atoms with Crippen LogP contribution in [0.25, 0.3) is 0 Å². The van der Waals surface area contributed by atoms with Crippen molar-refractivity contribution in [2.45, 2.75) is 25.7 Å². The average molecular weight is 327 g/mol. The zero-order valence-electron chi connectivity index (χ0n) is 13.2. The number of nitrogens with zero attached hydrogens (tertiary/aromatic N) is 1. The molecular weight excluding hydrogens is 306 g/mol. The summed E-state index contributed by atoms with van der Waals surface area (Å²) in [4.78, 5) is 11.4. The predicted octanol–water partition coefficient (Wildman–Crippen LogP) is 1.65. The number of hydrogen-bond donors (Lipinski definition) is 1. The minimum Gasteiger partial charge on any atom is -0.496 e. The summed E-state index contributed by atoms with van der Waals surface area (Å²) in [5.74, 6) is -1.18.